The van der Waals surface area contributed by atoms with E-state index in [1.807, 2.05) is 13.0 Å². The Balaban J connectivity index is 2.46. The Morgan fingerprint density at radius 1 is 1.48 bits per heavy atom. The summed E-state index contributed by atoms with van der Waals surface area (Å²) in [6.07, 6.45) is 2.89. The second kappa shape index (κ2) is 7.73. The summed E-state index contributed by atoms with van der Waals surface area (Å²) in [7, 11) is -1.47. The van der Waals surface area contributed by atoms with Gasteiger partial charge in [-0.05, 0) is 19.8 Å². The molecule has 0 aromatic rings. The van der Waals surface area contributed by atoms with Gasteiger partial charge in [0.1, 0.15) is 0 Å². The van der Waals surface area contributed by atoms with Gasteiger partial charge in [0.2, 0.25) is 15.9 Å². The van der Waals surface area contributed by atoms with Gasteiger partial charge in [-0.25, -0.2) is 13.1 Å². The van der Waals surface area contributed by atoms with Gasteiger partial charge in [-0.1, -0.05) is 0 Å². The summed E-state index contributed by atoms with van der Waals surface area (Å²) in [5.74, 6) is -0.000211. The van der Waals surface area contributed by atoms with Gasteiger partial charge in [-0.3, -0.25) is 9.69 Å². The summed E-state index contributed by atoms with van der Waals surface area (Å²) in [5.41, 5.74) is 0. The van der Waals surface area contributed by atoms with Gasteiger partial charge < -0.3 is 4.90 Å². The smallest absolute Gasteiger partial charge is 0.239 e. The number of amides is 1. The fraction of sp³-hybridized carbons (Fsp3) is 0.846. The van der Waals surface area contributed by atoms with Gasteiger partial charge >= 0.3 is 0 Å². The van der Waals surface area contributed by atoms with Crippen LogP contribution in [0.4, 0.5) is 0 Å². The molecule has 1 amide bonds. The molecule has 1 fully saturated rings. The van der Waals surface area contributed by atoms with Crippen molar-refractivity contribution in [2.45, 2.75) is 38.3 Å². The number of nitriles is 1. The highest BCUT2D eigenvalue weighted by molar-refractivity contribution is 7.88. The Bertz CT molecular complexity index is 492. The summed E-state index contributed by atoms with van der Waals surface area (Å²) in [4.78, 5) is 15.9. The largest absolute Gasteiger partial charge is 0.343 e. The third kappa shape index (κ3) is 5.99. The van der Waals surface area contributed by atoms with E-state index in [0.717, 1.165) is 6.26 Å². The Kier molecular flexibility index (Phi) is 6.58. The van der Waals surface area contributed by atoms with Crippen LogP contribution in [-0.2, 0) is 14.8 Å². The van der Waals surface area contributed by atoms with Gasteiger partial charge in [-0.2, -0.15) is 5.26 Å². The zero-order chi connectivity index (χ0) is 16.0. The first-order valence-electron chi connectivity index (χ1n) is 7.08. The van der Waals surface area contributed by atoms with E-state index in [1.54, 1.807) is 11.9 Å². The molecule has 1 saturated heterocycles. The molecule has 7 nitrogen and oxygen atoms in total. The predicted octanol–water partition coefficient (Wildman–Crippen LogP) is -0.239. The Morgan fingerprint density at radius 2 is 2.05 bits per heavy atom. The maximum absolute atomic E-state index is 12.2. The molecule has 120 valence electrons. The number of likely N-dealkylation sites (N-methyl/N-ethyl adjacent to an activating group) is 1. The van der Waals surface area contributed by atoms with Crippen molar-refractivity contribution in [2.24, 2.45) is 0 Å². The molecule has 1 atom stereocenters. The first-order valence-corrected chi connectivity index (χ1v) is 8.97. The minimum absolute atomic E-state index is 0.000211. The predicted molar refractivity (Wildman–Crippen MR) is 79.9 cm³/mol. The molecule has 21 heavy (non-hydrogen) atoms. The quantitative estimate of drug-likeness (QED) is 0.730. The number of carbonyl (C=O) groups excluding carboxylic acids is 1. The van der Waals surface area contributed by atoms with Crippen molar-refractivity contribution in [3.05, 3.63) is 0 Å². The average Bonchev–Trinajstić information content (AvgIpc) is 2.42. The van der Waals surface area contributed by atoms with E-state index >= 15 is 0 Å². The third-order valence-electron chi connectivity index (χ3n) is 3.75. The Labute approximate surface area is 126 Å². The number of hydrogen-bond donors (Lipinski definition) is 1. The summed E-state index contributed by atoms with van der Waals surface area (Å²) < 4.78 is 25.0. The van der Waals surface area contributed by atoms with E-state index < -0.39 is 10.0 Å². The number of hydrogen-bond acceptors (Lipinski definition) is 5. The van der Waals surface area contributed by atoms with Crippen molar-refractivity contribution in [2.75, 3.05) is 32.9 Å². The van der Waals surface area contributed by atoms with Crippen molar-refractivity contribution in [1.29, 1.82) is 5.26 Å². The van der Waals surface area contributed by atoms with E-state index in [1.165, 1.54) is 0 Å². The van der Waals surface area contributed by atoms with Gasteiger partial charge in [-0.15, -0.1) is 0 Å². The van der Waals surface area contributed by atoms with Crippen LogP contribution < -0.4 is 4.72 Å². The molecule has 0 spiro atoms. The number of nitrogens with one attached hydrogen (secondary N) is 1. The van der Waals surface area contributed by atoms with Gasteiger partial charge in [0.05, 0.1) is 24.8 Å². The topological polar surface area (TPSA) is 93.5 Å². The molecule has 0 aromatic heterocycles. The monoisotopic (exact) mass is 316 g/mol. The molecule has 0 radical (unpaired) electrons. The number of nitrogens with zero attached hydrogens (tertiary/aromatic N) is 3. The van der Waals surface area contributed by atoms with Crippen LogP contribution in [0.3, 0.4) is 0 Å². The molecule has 1 unspecified atom stereocenters. The van der Waals surface area contributed by atoms with Crippen molar-refractivity contribution in [1.82, 2.24) is 14.5 Å². The lowest BCUT2D eigenvalue weighted by Crippen LogP contribution is -2.51. The van der Waals surface area contributed by atoms with Crippen LogP contribution in [0.15, 0.2) is 0 Å². The lowest BCUT2D eigenvalue weighted by Gasteiger charge is -2.36. The Morgan fingerprint density at radius 3 is 2.52 bits per heavy atom. The number of piperidine rings is 1. The maximum Gasteiger partial charge on any atom is 0.239 e. The van der Waals surface area contributed by atoms with E-state index in [2.05, 4.69) is 9.62 Å². The fourth-order valence-corrected chi connectivity index (χ4v) is 3.35. The van der Waals surface area contributed by atoms with Crippen molar-refractivity contribution in [3.63, 3.8) is 0 Å². The zero-order valence-corrected chi connectivity index (χ0v) is 13.7. The highest BCUT2D eigenvalue weighted by atomic mass is 32.2. The van der Waals surface area contributed by atoms with Crippen LogP contribution >= 0.6 is 0 Å². The van der Waals surface area contributed by atoms with Gasteiger partial charge in [0.15, 0.2) is 0 Å². The summed E-state index contributed by atoms with van der Waals surface area (Å²) in [6, 6.07) is 1.74. The molecule has 1 N–H and O–H groups in total. The number of likely N-dealkylation sites (tertiary alicyclic amines) is 1. The molecule has 0 saturated carbocycles. The molecule has 0 aromatic carbocycles. The fourth-order valence-electron chi connectivity index (χ4n) is 2.51. The summed E-state index contributed by atoms with van der Waals surface area (Å²) in [5, 5.41) is 8.55. The average molecular weight is 316 g/mol. The van der Waals surface area contributed by atoms with Gasteiger partial charge in [0, 0.05) is 32.7 Å². The normalized spacial score (nSPS) is 19.0. The van der Waals surface area contributed by atoms with Gasteiger partial charge in [0.25, 0.3) is 0 Å². The summed E-state index contributed by atoms with van der Waals surface area (Å²) >= 11 is 0. The van der Waals surface area contributed by atoms with Crippen LogP contribution in [0, 0.1) is 11.3 Å². The molecule has 1 rings (SSSR count). The van der Waals surface area contributed by atoms with E-state index in [-0.39, 0.29) is 18.0 Å². The second-order valence-corrected chi connectivity index (χ2v) is 7.32. The molecule has 1 aliphatic heterocycles. The number of carbonyl (C=O) groups is 1. The first kappa shape index (κ1) is 17.9. The highest BCUT2D eigenvalue weighted by Gasteiger charge is 2.28. The summed E-state index contributed by atoms with van der Waals surface area (Å²) in [6.45, 7) is 3.67. The molecular weight excluding hydrogens is 292 g/mol. The molecular formula is C13H24N4O3S. The zero-order valence-electron chi connectivity index (χ0n) is 12.9. The van der Waals surface area contributed by atoms with Crippen LogP contribution in [-0.4, -0.2) is 69.1 Å². The lowest BCUT2D eigenvalue weighted by atomic mass is 10.0. The first-order chi connectivity index (χ1) is 9.74. The van der Waals surface area contributed by atoms with E-state index in [4.69, 9.17) is 5.26 Å². The highest BCUT2D eigenvalue weighted by Crippen LogP contribution is 2.15. The number of sulfonamides is 1. The number of rotatable bonds is 6. The van der Waals surface area contributed by atoms with Crippen LogP contribution in [0.1, 0.15) is 26.2 Å². The van der Waals surface area contributed by atoms with Crippen molar-refractivity contribution < 1.29 is 13.2 Å². The lowest BCUT2D eigenvalue weighted by molar-refractivity contribution is -0.135. The minimum atomic E-state index is -3.18. The van der Waals surface area contributed by atoms with Crippen LogP contribution in [0.5, 0.6) is 0 Å². The maximum atomic E-state index is 12.2. The van der Waals surface area contributed by atoms with E-state index in [9.17, 15) is 13.2 Å². The van der Waals surface area contributed by atoms with Crippen LogP contribution in [0.25, 0.3) is 0 Å². The minimum Gasteiger partial charge on any atom is -0.343 e. The second-order valence-electron chi connectivity index (χ2n) is 5.54. The molecule has 8 heteroatoms. The van der Waals surface area contributed by atoms with Crippen molar-refractivity contribution >= 4 is 15.9 Å². The van der Waals surface area contributed by atoms with Crippen LogP contribution in [0.2, 0.25) is 0 Å². The molecule has 0 aliphatic carbocycles. The standard InChI is InChI=1S/C13H24N4O3S/c1-11(13(18)16(2)8-4-7-14)17-9-5-12(6-10-17)15-21(3,19)20/h11-12,15H,4-6,8-10H2,1-3H3. The molecule has 0 bridgehead atoms. The Hall–Kier alpha value is -1.17. The third-order valence-corrected chi connectivity index (χ3v) is 4.51. The van der Waals surface area contributed by atoms with Crippen molar-refractivity contribution in [3.8, 4) is 6.07 Å². The SMILES string of the molecule is CC(C(=O)N(C)CCC#N)N1CCC(NS(C)(=O)=O)CC1. The molecule has 1 aliphatic rings. The van der Waals surface area contributed by atoms with E-state index in [0.29, 0.717) is 38.9 Å². The molecule has 1 heterocycles.